The van der Waals surface area contributed by atoms with Crippen LogP contribution in [0.4, 0.5) is 11.4 Å². The van der Waals surface area contributed by atoms with Gasteiger partial charge in [0.1, 0.15) is 11.5 Å². The lowest BCUT2D eigenvalue weighted by atomic mass is 10.1. The minimum absolute atomic E-state index is 0.138. The molecular formula is C25H20N2O8. The first kappa shape index (κ1) is 24.6. The van der Waals surface area contributed by atoms with Crippen molar-refractivity contribution in [2.45, 2.75) is 13.8 Å². The Balaban J connectivity index is 1.77. The average molecular weight is 476 g/mol. The van der Waals surface area contributed by atoms with Crippen LogP contribution in [0, 0.1) is 0 Å². The number of amides is 2. The molecule has 0 aliphatic heterocycles. The standard InChI is InChI=1S/C25H20N2O8/c1-14(28)34-21-7-3-16(4-8-21)23(30)26-19-11-18(25(32)33)12-20(13-19)27-24(31)17-5-9-22(10-6-17)35-15(2)29/h3-13H,1-2H3,(H,26,30)(H,27,31)(H,32,33). The highest BCUT2D eigenvalue weighted by atomic mass is 16.5. The molecule has 0 heterocycles. The van der Waals surface area contributed by atoms with Crippen molar-refractivity contribution < 1.29 is 38.6 Å². The van der Waals surface area contributed by atoms with Gasteiger partial charge in [-0.15, -0.1) is 0 Å². The highest BCUT2D eigenvalue weighted by molar-refractivity contribution is 6.07. The molecule has 0 aliphatic rings. The van der Waals surface area contributed by atoms with Crippen LogP contribution >= 0.6 is 0 Å². The number of ether oxygens (including phenoxy) is 2. The predicted molar refractivity (Wildman–Crippen MR) is 125 cm³/mol. The minimum atomic E-state index is -1.26. The maximum Gasteiger partial charge on any atom is 0.335 e. The number of anilines is 2. The number of esters is 2. The molecule has 0 fully saturated rings. The van der Waals surface area contributed by atoms with Crippen LogP contribution in [0.2, 0.25) is 0 Å². The summed E-state index contributed by atoms with van der Waals surface area (Å²) in [6.07, 6.45) is 0. The molecule has 3 aromatic rings. The topological polar surface area (TPSA) is 148 Å². The number of carbonyl (C=O) groups is 5. The van der Waals surface area contributed by atoms with Crippen LogP contribution in [0.1, 0.15) is 44.9 Å². The zero-order valence-electron chi connectivity index (χ0n) is 18.7. The predicted octanol–water partition coefficient (Wildman–Crippen LogP) is 3.74. The van der Waals surface area contributed by atoms with Crippen molar-refractivity contribution in [3.05, 3.63) is 83.4 Å². The largest absolute Gasteiger partial charge is 0.478 e. The first-order chi connectivity index (χ1) is 16.6. The third kappa shape index (κ3) is 6.99. The summed E-state index contributed by atoms with van der Waals surface area (Å²) < 4.78 is 9.85. The van der Waals surface area contributed by atoms with Gasteiger partial charge < -0.3 is 25.2 Å². The number of hydrogen-bond acceptors (Lipinski definition) is 7. The van der Waals surface area contributed by atoms with E-state index in [-0.39, 0.29) is 39.6 Å². The van der Waals surface area contributed by atoms with Gasteiger partial charge >= 0.3 is 17.9 Å². The minimum Gasteiger partial charge on any atom is -0.478 e. The Labute approximate surface area is 199 Å². The van der Waals surface area contributed by atoms with Gasteiger partial charge in [0.15, 0.2) is 0 Å². The molecule has 3 N–H and O–H groups in total. The van der Waals surface area contributed by atoms with Crippen LogP contribution in [0.3, 0.4) is 0 Å². The third-order valence-electron chi connectivity index (χ3n) is 4.45. The van der Waals surface area contributed by atoms with Crippen molar-refractivity contribution in [2.75, 3.05) is 10.6 Å². The fourth-order valence-electron chi connectivity index (χ4n) is 2.98. The van der Waals surface area contributed by atoms with E-state index < -0.39 is 29.7 Å². The lowest BCUT2D eigenvalue weighted by molar-refractivity contribution is -0.132. The Morgan fingerprint density at radius 2 is 0.971 bits per heavy atom. The second-order valence-corrected chi connectivity index (χ2v) is 7.25. The van der Waals surface area contributed by atoms with Gasteiger partial charge in [-0.25, -0.2) is 4.79 Å². The summed E-state index contributed by atoms with van der Waals surface area (Å²) in [6.45, 7) is 2.51. The summed E-state index contributed by atoms with van der Waals surface area (Å²) in [5.74, 6) is -2.79. The second-order valence-electron chi connectivity index (χ2n) is 7.25. The summed E-state index contributed by atoms with van der Waals surface area (Å²) in [5.41, 5.74) is 0.590. The number of hydrogen-bond donors (Lipinski definition) is 3. The number of rotatable bonds is 7. The molecule has 0 aromatic heterocycles. The molecule has 10 nitrogen and oxygen atoms in total. The van der Waals surface area contributed by atoms with Gasteiger partial charge in [0.2, 0.25) is 0 Å². The average Bonchev–Trinajstić information content (AvgIpc) is 2.79. The monoisotopic (exact) mass is 476 g/mol. The first-order valence-electron chi connectivity index (χ1n) is 10.2. The molecule has 0 unspecified atom stereocenters. The van der Waals surface area contributed by atoms with Crippen LogP contribution in [0.15, 0.2) is 66.7 Å². The SMILES string of the molecule is CC(=O)Oc1ccc(C(=O)Nc2cc(NC(=O)c3ccc(OC(C)=O)cc3)cc(C(=O)O)c2)cc1. The second kappa shape index (κ2) is 10.8. The van der Waals surface area contributed by atoms with E-state index in [9.17, 15) is 29.1 Å². The van der Waals surface area contributed by atoms with E-state index in [1.165, 1.54) is 80.6 Å². The van der Waals surface area contributed by atoms with Crippen LogP contribution in [-0.4, -0.2) is 34.8 Å². The van der Waals surface area contributed by atoms with Gasteiger partial charge in [-0.1, -0.05) is 0 Å². The lowest BCUT2D eigenvalue weighted by Crippen LogP contribution is -2.15. The zero-order chi connectivity index (χ0) is 25.5. The summed E-state index contributed by atoms with van der Waals surface area (Å²) in [7, 11) is 0. The quantitative estimate of drug-likeness (QED) is 0.345. The van der Waals surface area contributed by atoms with Gasteiger partial charge in [-0.3, -0.25) is 19.2 Å². The molecule has 2 amide bonds. The van der Waals surface area contributed by atoms with Crippen LogP contribution in [-0.2, 0) is 9.59 Å². The maximum absolute atomic E-state index is 12.6. The highest BCUT2D eigenvalue weighted by Crippen LogP contribution is 2.22. The normalized spacial score (nSPS) is 10.1. The third-order valence-corrected chi connectivity index (χ3v) is 4.45. The maximum atomic E-state index is 12.6. The fourth-order valence-corrected chi connectivity index (χ4v) is 2.98. The molecule has 0 radical (unpaired) electrons. The van der Waals surface area contributed by atoms with Crippen molar-refractivity contribution in [3.63, 3.8) is 0 Å². The van der Waals surface area contributed by atoms with Crippen molar-refractivity contribution in [2.24, 2.45) is 0 Å². The number of aromatic carboxylic acids is 1. The summed E-state index contributed by atoms with van der Waals surface area (Å²) in [4.78, 5) is 58.8. The number of nitrogens with one attached hydrogen (secondary N) is 2. The van der Waals surface area contributed by atoms with Crippen LogP contribution in [0.5, 0.6) is 11.5 Å². The number of carbonyl (C=O) groups excluding carboxylic acids is 4. The molecule has 3 aromatic carbocycles. The van der Waals surface area contributed by atoms with Gasteiger partial charge in [0.05, 0.1) is 5.56 Å². The number of benzene rings is 3. The Morgan fingerprint density at radius 1 is 0.600 bits per heavy atom. The summed E-state index contributed by atoms with van der Waals surface area (Å²) in [5, 5.41) is 14.6. The number of carboxylic acid groups (broad SMARTS) is 1. The molecular weight excluding hydrogens is 456 g/mol. The van der Waals surface area contributed by atoms with E-state index >= 15 is 0 Å². The van der Waals surface area contributed by atoms with Crippen molar-refractivity contribution in [3.8, 4) is 11.5 Å². The van der Waals surface area contributed by atoms with Gasteiger partial charge in [-0.2, -0.15) is 0 Å². The smallest absolute Gasteiger partial charge is 0.335 e. The molecule has 3 rings (SSSR count). The molecule has 35 heavy (non-hydrogen) atoms. The van der Waals surface area contributed by atoms with E-state index in [0.29, 0.717) is 0 Å². The molecule has 0 atom stereocenters. The van der Waals surface area contributed by atoms with Crippen molar-refractivity contribution >= 4 is 41.1 Å². The molecule has 10 heteroatoms. The zero-order valence-corrected chi connectivity index (χ0v) is 18.7. The van der Waals surface area contributed by atoms with Crippen LogP contribution in [0.25, 0.3) is 0 Å². The van der Waals surface area contributed by atoms with E-state index in [1.54, 1.807) is 0 Å². The molecule has 0 saturated carbocycles. The first-order valence-corrected chi connectivity index (χ1v) is 10.2. The summed E-state index contributed by atoms with van der Waals surface area (Å²) >= 11 is 0. The molecule has 0 aliphatic carbocycles. The summed E-state index contributed by atoms with van der Waals surface area (Å²) in [6, 6.07) is 15.5. The van der Waals surface area contributed by atoms with Gasteiger partial charge in [0.25, 0.3) is 11.8 Å². The Kier molecular flexibility index (Phi) is 7.57. The van der Waals surface area contributed by atoms with E-state index in [1.807, 2.05) is 0 Å². The molecule has 0 spiro atoms. The fraction of sp³-hybridized carbons (Fsp3) is 0.0800. The highest BCUT2D eigenvalue weighted by Gasteiger charge is 2.14. The van der Waals surface area contributed by atoms with E-state index in [0.717, 1.165) is 0 Å². The molecule has 0 saturated heterocycles. The van der Waals surface area contributed by atoms with Crippen LogP contribution < -0.4 is 20.1 Å². The van der Waals surface area contributed by atoms with Gasteiger partial charge in [0, 0.05) is 36.3 Å². The lowest BCUT2D eigenvalue weighted by Gasteiger charge is -2.11. The van der Waals surface area contributed by atoms with Crippen molar-refractivity contribution in [1.82, 2.24) is 0 Å². The van der Waals surface area contributed by atoms with Gasteiger partial charge in [-0.05, 0) is 66.7 Å². The number of carboxylic acids is 1. The van der Waals surface area contributed by atoms with E-state index in [2.05, 4.69) is 10.6 Å². The Bertz CT molecular complexity index is 1210. The van der Waals surface area contributed by atoms with Crippen molar-refractivity contribution in [1.29, 1.82) is 0 Å². The van der Waals surface area contributed by atoms with E-state index in [4.69, 9.17) is 9.47 Å². The molecule has 0 bridgehead atoms. The Hall–Kier alpha value is -4.99. The molecule has 178 valence electrons. The Morgan fingerprint density at radius 3 is 1.29 bits per heavy atom.